The Hall–Kier alpha value is -0.700. The van der Waals surface area contributed by atoms with Gasteiger partial charge in [0.25, 0.3) is 0 Å². The number of ether oxygens (including phenoxy) is 1. The van der Waals surface area contributed by atoms with Crippen molar-refractivity contribution in [1.82, 2.24) is 0 Å². The predicted octanol–water partition coefficient (Wildman–Crippen LogP) is 3.73. The van der Waals surface area contributed by atoms with Gasteiger partial charge in [0.1, 0.15) is 11.6 Å². The molecule has 0 heterocycles. The number of hydrogen-bond donors (Lipinski definition) is 0. The van der Waals surface area contributed by atoms with Crippen molar-refractivity contribution in [3.05, 3.63) is 24.0 Å². The molecule has 15 heavy (non-hydrogen) atoms. The molecule has 1 saturated carbocycles. The molecule has 2 rings (SSSR count). The van der Waals surface area contributed by atoms with Gasteiger partial charge in [-0.3, -0.25) is 0 Å². The van der Waals surface area contributed by atoms with Crippen LogP contribution in [0.25, 0.3) is 0 Å². The van der Waals surface area contributed by atoms with Crippen LogP contribution in [0.15, 0.2) is 23.1 Å². The van der Waals surface area contributed by atoms with E-state index in [-0.39, 0.29) is 5.82 Å². The smallest absolute Gasteiger partial charge is 0.137 e. The first kappa shape index (κ1) is 10.8. The summed E-state index contributed by atoms with van der Waals surface area (Å²) in [6, 6.07) is 4.95. The summed E-state index contributed by atoms with van der Waals surface area (Å²) in [5.74, 6) is 1.33. The molecule has 0 radical (unpaired) electrons. The van der Waals surface area contributed by atoms with Gasteiger partial charge in [0, 0.05) is 4.90 Å². The Morgan fingerprint density at radius 1 is 1.47 bits per heavy atom. The average molecular weight is 226 g/mol. The monoisotopic (exact) mass is 226 g/mol. The third kappa shape index (κ3) is 2.65. The molecule has 0 atom stereocenters. The maximum atomic E-state index is 13.2. The molecule has 0 aromatic heterocycles. The number of rotatable bonds is 4. The first-order valence-electron chi connectivity index (χ1n) is 5.26. The third-order valence-corrected chi connectivity index (χ3v) is 3.59. The summed E-state index contributed by atoms with van der Waals surface area (Å²) in [4.78, 5) is 0.654. The van der Waals surface area contributed by atoms with E-state index >= 15 is 0 Å². The summed E-state index contributed by atoms with van der Waals surface area (Å²) in [5.41, 5.74) is 0. The molecule has 1 aromatic carbocycles. The molecule has 3 heteroatoms. The number of hydrogen-bond acceptors (Lipinski definition) is 2. The summed E-state index contributed by atoms with van der Waals surface area (Å²) in [7, 11) is 0. The summed E-state index contributed by atoms with van der Waals surface area (Å²) < 4.78 is 18.8. The van der Waals surface area contributed by atoms with E-state index in [1.807, 2.05) is 6.26 Å². The molecule has 1 aliphatic carbocycles. The fourth-order valence-electron chi connectivity index (χ4n) is 1.60. The molecule has 0 amide bonds. The first-order valence-corrected chi connectivity index (χ1v) is 6.48. The standard InChI is InChI=1S/C12H15FOS/c1-15-12-7-10(5-6-11(12)13)14-8-9-3-2-4-9/h5-7,9H,2-4,8H2,1H3. The van der Waals surface area contributed by atoms with Crippen LogP contribution < -0.4 is 4.74 Å². The fourth-order valence-corrected chi connectivity index (χ4v) is 2.10. The topological polar surface area (TPSA) is 9.23 Å². The lowest BCUT2D eigenvalue weighted by atomic mass is 9.86. The Bertz CT molecular complexity index is 336. The highest BCUT2D eigenvalue weighted by Crippen LogP contribution is 2.28. The van der Waals surface area contributed by atoms with E-state index in [9.17, 15) is 4.39 Å². The zero-order valence-electron chi connectivity index (χ0n) is 8.83. The lowest BCUT2D eigenvalue weighted by molar-refractivity contribution is 0.180. The van der Waals surface area contributed by atoms with Gasteiger partial charge in [0.2, 0.25) is 0 Å². The predicted molar refractivity (Wildman–Crippen MR) is 61.0 cm³/mol. The number of benzene rings is 1. The third-order valence-electron chi connectivity index (χ3n) is 2.83. The molecule has 0 spiro atoms. The molecule has 0 bridgehead atoms. The molecule has 0 aliphatic heterocycles. The van der Waals surface area contributed by atoms with Gasteiger partial charge in [-0.05, 0) is 43.2 Å². The van der Waals surface area contributed by atoms with Crippen LogP contribution in [-0.4, -0.2) is 12.9 Å². The first-order chi connectivity index (χ1) is 7.29. The van der Waals surface area contributed by atoms with E-state index in [1.54, 1.807) is 12.1 Å². The van der Waals surface area contributed by atoms with E-state index < -0.39 is 0 Å². The van der Waals surface area contributed by atoms with Crippen LogP contribution in [0, 0.1) is 11.7 Å². The Labute approximate surface area is 94.0 Å². The van der Waals surface area contributed by atoms with Gasteiger partial charge in [-0.2, -0.15) is 0 Å². The van der Waals surface area contributed by atoms with Crippen molar-refractivity contribution in [1.29, 1.82) is 0 Å². The van der Waals surface area contributed by atoms with Crippen molar-refractivity contribution >= 4 is 11.8 Å². The van der Waals surface area contributed by atoms with Crippen LogP contribution in [0.2, 0.25) is 0 Å². The van der Waals surface area contributed by atoms with Gasteiger partial charge in [-0.15, -0.1) is 11.8 Å². The van der Waals surface area contributed by atoms with Gasteiger partial charge >= 0.3 is 0 Å². The number of thioether (sulfide) groups is 1. The zero-order chi connectivity index (χ0) is 10.7. The van der Waals surface area contributed by atoms with Crippen molar-refractivity contribution < 1.29 is 9.13 Å². The normalized spacial score (nSPS) is 16.1. The summed E-state index contributed by atoms with van der Waals surface area (Å²) >= 11 is 1.41. The van der Waals surface area contributed by atoms with Crippen molar-refractivity contribution in [3.8, 4) is 5.75 Å². The maximum absolute atomic E-state index is 13.2. The van der Waals surface area contributed by atoms with Crippen molar-refractivity contribution in [2.24, 2.45) is 5.92 Å². The second-order valence-corrected chi connectivity index (χ2v) is 4.75. The van der Waals surface area contributed by atoms with Gasteiger partial charge in [0.15, 0.2) is 0 Å². The maximum Gasteiger partial charge on any atom is 0.137 e. The number of halogens is 1. The van der Waals surface area contributed by atoms with Crippen LogP contribution in [0.1, 0.15) is 19.3 Å². The molecular weight excluding hydrogens is 211 g/mol. The second kappa shape index (κ2) is 4.88. The summed E-state index contributed by atoms with van der Waals surface area (Å²) in [5, 5.41) is 0. The fraction of sp³-hybridized carbons (Fsp3) is 0.500. The van der Waals surface area contributed by atoms with E-state index in [1.165, 1.54) is 37.1 Å². The van der Waals surface area contributed by atoms with E-state index in [2.05, 4.69) is 0 Å². The summed E-state index contributed by atoms with van der Waals surface area (Å²) in [6.07, 6.45) is 5.74. The van der Waals surface area contributed by atoms with E-state index in [4.69, 9.17) is 4.74 Å². The minimum Gasteiger partial charge on any atom is -0.493 e. The molecule has 0 N–H and O–H groups in total. The Morgan fingerprint density at radius 2 is 2.27 bits per heavy atom. The SMILES string of the molecule is CSc1cc(OCC2CCC2)ccc1F. The minimum atomic E-state index is -0.168. The quantitative estimate of drug-likeness (QED) is 0.723. The van der Waals surface area contributed by atoms with Gasteiger partial charge in [-0.1, -0.05) is 6.42 Å². The lowest BCUT2D eigenvalue weighted by Gasteiger charge is -2.25. The highest BCUT2D eigenvalue weighted by atomic mass is 32.2. The lowest BCUT2D eigenvalue weighted by Crippen LogP contribution is -2.19. The Morgan fingerprint density at radius 3 is 2.87 bits per heavy atom. The van der Waals surface area contributed by atoms with Crippen LogP contribution in [0.4, 0.5) is 4.39 Å². The highest BCUT2D eigenvalue weighted by molar-refractivity contribution is 7.98. The summed E-state index contributed by atoms with van der Waals surface area (Å²) in [6.45, 7) is 0.777. The molecule has 1 fully saturated rings. The van der Waals surface area contributed by atoms with Crippen molar-refractivity contribution in [2.75, 3.05) is 12.9 Å². The Balaban J connectivity index is 1.95. The Kier molecular flexibility index (Phi) is 3.52. The van der Waals surface area contributed by atoms with Gasteiger partial charge in [-0.25, -0.2) is 4.39 Å². The van der Waals surface area contributed by atoms with Crippen molar-refractivity contribution in [3.63, 3.8) is 0 Å². The minimum absolute atomic E-state index is 0.168. The van der Waals surface area contributed by atoms with Crippen molar-refractivity contribution in [2.45, 2.75) is 24.2 Å². The zero-order valence-corrected chi connectivity index (χ0v) is 9.65. The second-order valence-electron chi connectivity index (χ2n) is 3.90. The molecule has 0 unspecified atom stereocenters. The van der Waals surface area contributed by atoms with Crippen LogP contribution in [0.3, 0.4) is 0 Å². The van der Waals surface area contributed by atoms with Crippen LogP contribution in [-0.2, 0) is 0 Å². The highest BCUT2D eigenvalue weighted by Gasteiger charge is 2.17. The van der Waals surface area contributed by atoms with E-state index in [0.29, 0.717) is 10.8 Å². The van der Waals surface area contributed by atoms with Crippen LogP contribution >= 0.6 is 11.8 Å². The molecular formula is C12H15FOS. The molecule has 82 valence electrons. The molecule has 1 aliphatic rings. The molecule has 0 saturated heterocycles. The molecule has 1 aromatic rings. The largest absolute Gasteiger partial charge is 0.493 e. The van der Waals surface area contributed by atoms with Gasteiger partial charge in [0.05, 0.1) is 6.61 Å². The van der Waals surface area contributed by atoms with E-state index in [0.717, 1.165) is 12.4 Å². The average Bonchev–Trinajstić information content (AvgIpc) is 2.18. The van der Waals surface area contributed by atoms with Gasteiger partial charge < -0.3 is 4.74 Å². The van der Waals surface area contributed by atoms with Crippen LogP contribution in [0.5, 0.6) is 5.75 Å². The molecule has 1 nitrogen and oxygen atoms in total.